The van der Waals surface area contributed by atoms with Crippen LogP contribution in [0, 0.1) is 0 Å². The highest BCUT2D eigenvalue weighted by molar-refractivity contribution is 5.96. The van der Waals surface area contributed by atoms with Crippen LogP contribution in [0.15, 0.2) is 24.3 Å². The molecule has 0 saturated carbocycles. The number of hydrogen-bond donors (Lipinski definition) is 0. The van der Waals surface area contributed by atoms with Gasteiger partial charge in [-0.05, 0) is 25.0 Å². The third-order valence-electron chi connectivity index (χ3n) is 2.74. The van der Waals surface area contributed by atoms with E-state index in [0.717, 1.165) is 12.0 Å². The number of amides is 1. The van der Waals surface area contributed by atoms with Crippen molar-refractivity contribution < 1.29 is 4.79 Å². The maximum Gasteiger partial charge on any atom is 0.254 e. The molecule has 1 amide bonds. The van der Waals surface area contributed by atoms with E-state index in [1.165, 1.54) is 5.56 Å². The molecule has 1 heterocycles. The van der Waals surface area contributed by atoms with Crippen molar-refractivity contribution in [3.63, 3.8) is 0 Å². The molecule has 0 spiro atoms. The minimum Gasteiger partial charge on any atom is -0.339 e. The summed E-state index contributed by atoms with van der Waals surface area (Å²) in [4.78, 5) is 13.6. The topological polar surface area (TPSA) is 20.3 Å². The van der Waals surface area contributed by atoms with Crippen molar-refractivity contribution in [1.82, 2.24) is 4.90 Å². The number of carbonyl (C=O) groups excluding carboxylic acids is 1. The number of nitrogens with zero attached hydrogens (tertiary/aromatic N) is 1. The van der Waals surface area contributed by atoms with E-state index < -0.39 is 0 Å². The fourth-order valence-electron chi connectivity index (χ4n) is 1.75. The summed E-state index contributed by atoms with van der Waals surface area (Å²) in [7, 11) is 1.86. The monoisotopic (exact) mass is 175 g/mol. The van der Waals surface area contributed by atoms with Gasteiger partial charge in [0.1, 0.15) is 0 Å². The maximum atomic E-state index is 11.8. The number of hydrogen-bond acceptors (Lipinski definition) is 1. The number of benzene rings is 1. The van der Waals surface area contributed by atoms with Crippen LogP contribution >= 0.6 is 0 Å². The van der Waals surface area contributed by atoms with Crippen LogP contribution in [-0.4, -0.2) is 23.9 Å². The molecule has 0 aliphatic carbocycles. The number of carbonyl (C=O) groups is 1. The molecule has 1 aliphatic rings. The summed E-state index contributed by atoms with van der Waals surface area (Å²) in [6, 6.07) is 8.17. The van der Waals surface area contributed by atoms with E-state index in [9.17, 15) is 4.79 Å². The lowest BCUT2D eigenvalue weighted by Gasteiger charge is -2.31. The van der Waals surface area contributed by atoms with Crippen molar-refractivity contribution in [2.45, 2.75) is 19.4 Å². The van der Waals surface area contributed by atoms with Crippen LogP contribution in [0.1, 0.15) is 22.8 Å². The van der Waals surface area contributed by atoms with Gasteiger partial charge >= 0.3 is 0 Å². The molecular formula is C11H13NO. The Hall–Kier alpha value is -1.31. The zero-order valence-electron chi connectivity index (χ0n) is 7.95. The van der Waals surface area contributed by atoms with Crippen LogP contribution in [0.4, 0.5) is 0 Å². The van der Waals surface area contributed by atoms with E-state index in [2.05, 4.69) is 6.92 Å². The fraction of sp³-hybridized carbons (Fsp3) is 0.364. The average Bonchev–Trinajstić information content (AvgIpc) is 2.15. The standard InChI is InChI=1S/C11H13NO/c1-8-7-9-5-3-4-6-10(9)11(13)12(8)2/h3-6,8H,7H2,1-2H3/t8-/m0/s1. The second-order valence-electron chi connectivity index (χ2n) is 3.63. The van der Waals surface area contributed by atoms with Gasteiger partial charge in [-0.3, -0.25) is 4.79 Å². The largest absolute Gasteiger partial charge is 0.339 e. The highest BCUT2D eigenvalue weighted by atomic mass is 16.2. The Labute approximate surface area is 78.2 Å². The van der Waals surface area contributed by atoms with Crippen molar-refractivity contribution >= 4 is 5.91 Å². The van der Waals surface area contributed by atoms with Gasteiger partial charge in [-0.25, -0.2) is 0 Å². The first-order valence-electron chi connectivity index (χ1n) is 4.55. The summed E-state index contributed by atoms with van der Waals surface area (Å²) in [5.74, 6) is 0.148. The predicted octanol–water partition coefficient (Wildman–Crippen LogP) is 1.70. The Morgan fingerprint density at radius 3 is 2.85 bits per heavy atom. The predicted molar refractivity (Wildman–Crippen MR) is 51.7 cm³/mol. The minimum absolute atomic E-state index is 0.148. The second-order valence-corrected chi connectivity index (χ2v) is 3.63. The van der Waals surface area contributed by atoms with Crippen LogP contribution in [0.5, 0.6) is 0 Å². The minimum atomic E-state index is 0.148. The highest BCUT2D eigenvalue weighted by Crippen LogP contribution is 2.21. The van der Waals surface area contributed by atoms with E-state index in [1.54, 1.807) is 0 Å². The van der Waals surface area contributed by atoms with Crippen molar-refractivity contribution in [3.05, 3.63) is 35.4 Å². The molecule has 1 aromatic rings. The molecule has 68 valence electrons. The molecular weight excluding hydrogens is 162 g/mol. The summed E-state index contributed by atoms with van der Waals surface area (Å²) in [5.41, 5.74) is 2.04. The molecule has 0 N–H and O–H groups in total. The van der Waals surface area contributed by atoms with Gasteiger partial charge in [-0.1, -0.05) is 18.2 Å². The molecule has 0 aromatic heterocycles. The molecule has 0 radical (unpaired) electrons. The van der Waals surface area contributed by atoms with Gasteiger partial charge in [-0.15, -0.1) is 0 Å². The Bertz CT molecular complexity index is 346. The van der Waals surface area contributed by atoms with Crippen molar-refractivity contribution in [1.29, 1.82) is 0 Å². The van der Waals surface area contributed by atoms with Crippen LogP contribution in [0.2, 0.25) is 0 Å². The number of likely N-dealkylation sites (N-methyl/N-ethyl adjacent to an activating group) is 1. The summed E-state index contributed by atoms with van der Waals surface area (Å²) in [6.45, 7) is 2.08. The van der Waals surface area contributed by atoms with Crippen LogP contribution < -0.4 is 0 Å². The van der Waals surface area contributed by atoms with Crippen molar-refractivity contribution in [2.24, 2.45) is 0 Å². The lowest BCUT2D eigenvalue weighted by Crippen LogP contribution is -2.40. The van der Waals surface area contributed by atoms with Gasteiger partial charge in [0.05, 0.1) is 0 Å². The van der Waals surface area contributed by atoms with Gasteiger partial charge in [-0.2, -0.15) is 0 Å². The highest BCUT2D eigenvalue weighted by Gasteiger charge is 2.25. The van der Waals surface area contributed by atoms with Crippen molar-refractivity contribution in [3.8, 4) is 0 Å². The van der Waals surface area contributed by atoms with Gasteiger partial charge in [0, 0.05) is 18.7 Å². The summed E-state index contributed by atoms with van der Waals surface area (Å²) >= 11 is 0. The van der Waals surface area contributed by atoms with E-state index in [4.69, 9.17) is 0 Å². The van der Waals surface area contributed by atoms with E-state index in [-0.39, 0.29) is 5.91 Å². The first-order chi connectivity index (χ1) is 6.20. The Morgan fingerprint density at radius 2 is 2.08 bits per heavy atom. The maximum absolute atomic E-state index is 11.8. The van der Waals surface area contributed by atoms with E-state index >= 15 is 0 Å². The lowest BCUT2D eigenvalue weighted by molar-refractivity contribution is 0.0721. The molecule has 0 bridgehead atoms. The molecule has 2 nitrogen and oxygen atoms in total. The third kappa shape index (κ3) is 1.22. The van der Waals surface area contributed by atoms with E-state index in [1.807, 2.05) is 36.2 Å². The lowest BCUT2D eigenvalue weighted by atomic mass is 9.95. The quantitative estimate of drug-likeness (QED) is 0.587. The first kappa shape index (κ1) is 8.30. The Morgan fingerprint density at radius 1 is 1.38 bits per heavy atom. The van der Waals surface area contributed by atoms with Gasteiger partial charge in [0.15, 0.2) is 0 Å². The first-order valence-corrected chi connectivity index (χ1v) is 4.55. The third-order valence-corrected chi connectivity index (χ3v) is 2.74. The molecule has 13 heavy (non-hydrogen) atoms. The number of fused-ring (bicyclic) bond motifs is 1. The zero-order valence-corrected chi connectivity index (χ0v) is 7.95. The molecule has 2 heteroatoms. The van der Waals surface area contributed by atoms with Crippen LogP contribution in [0.25, 0.3) is 0 Å². The summed E-state index contributed by atoms with van der Waals surface area (Å²) in [5, 5.41) is 0. The Balaban J connectivity index is 2.49. The second kappa shape index (κ2) is 2.87. The summed E-state index contributed by atoms with van der Waals surface area (Å²) in [6.07, 6.45) is 0.971. The van der Waals surface area contributed by atoms with Crippen LogP contribution in [-0.2, 0) is 6.42 Å². The summed E-state index contributed by atoms with van der Waals surface area (Å²) < 4.78 is 0. The average molecular weight is 175 g/mol. The normalized spacial score (nSPS) is 21.5. The SMILES string of the molecule is C[C@H]1Cc2ccccc2C(=O)N1C. The van der Waals surface area contributed by atoms with Gasteiger partial charge < -0.3 is 4.90 Å². The van der Waals surface area contributed by atoms with Crippen molar-refractivity contribution in [2.75, 3.05) is 7.05 Å². The van der Waals surface area contributed by atoms with Gasteiger partial charge in [0.2, 0.25) is 0 Å². The molecule has 2 rings (SSSR count). The zero-order chi connectivity index (χ0) is 9.42. The van der Waals surface area contributed by atoms with Crippen LogP contribution in [0.3, 0.4) is 0 Å². The molecule has 1 atom stereocenters. The molecule has 1 aliphatic heterocycles. The number of rotatable bonds is 0. The molecule has 0 fully saturated rings. The van der Waals surface area contributed by atoms with Gasteiger partial charge in [0.25, 0.3) is 5.91 Å². The Kier molecular flexibility index (Phi) is 1.83. The molecule has 0 saturated heterocycles. The molecule has 1 aromatic carbocycles. The smallest absolute Gasteiger partial charge is 0.254 e. The molecule has 0 unspecified atom stereocenters. The van der Waals surface area contributed by atoms with E-state index in [0.29, 0.717) is 6.04 Å². The fourth-order valence-corrected chi connectivity index (χ4v) is 1.75.